The molecule has 0 aliphatic rings. The predicted octanol–water partition coefficient (Wildman–Crippen LogP) is 1.31. The number of methoxy groups -OCH3 is 1. The summed E-state index contributed by atoms with van der Waals surface area (Å²) in [4.78, 5) is 11.3. The molecule has 0 aromatic heterocycles. The minimum absolute atomic E-state index is 0.0756. The van der Waals surface area contributed by atoms with E-state index < -0.39 is 0 Å². The Morgan fingerprint density at radius 3 is 2.62 bits per heavy atom. The zero-order chi connectivity index (χ0) is 12.1. The van der Waals surface area contributed by atoms with Crippen molar-refractivity contribution < 1.29 is 9.53 Å². The Morgan fingerprint density at radius 1 is 1.12 bits per heavy atom. The number of hydrogen-bond acceptors (Lipinski definition) is 3. The maximum Gasteiger partial charge on any atom is 0.233 e. The molecule has 0 atom stereocenters. The highest BCUT2D eigenvalue weighted by Gasteiger charge is 1.98. The van der Waals surface area contributed by atoms with Crippen LogP contribution >= 0.6 is 0 Å². The van der Waals surface area contributed by atoms with Gasteiger partial charge in [-0.05, 0) is 19.4 Å². The number of hydrogen-bond donors (Lipinski definition) is 2. The third kappa shape index (κ3) is 11.5. The first kappa shape index (κ1) is 15.4. The number of amides is 1. The Hall–Kier alpha value is -0.610. The molecule has 0 bridgehead atoms. The second-order valence-corrected chi connectivity index (χ2v) is 3.93. The van der Waals surface area contributed by atoms with Gasteiger partial charge in [0.2, 0.25) is 5.91 Å². The van der Waals surface area contributed by atoms with E-state index in [1.54, 1.807) is 7.11 Å². The van der Waals surface area contributed by atoms with E-state index in [1.165, 1.54) is 19.3 Å². The summed E-state index contributed by atoms with van der Waals surface area (Å²) in [5.41, 5.74) is 0. The summed E-state index contributed by atoms with van der Waals surface area (Å²) in [6.07, 6.45) is 5.81. The van der Waals surface area contributed by atoms with Crippen molar-refractivity contribution in [2.75, 3.05) is 33.4 Å². The highest BCUT2D eigenvalue weighted by atomic mass is 16.5. The summed E-state index contributed by atoms with van der Waals surface area (Å²) in [5.74, 6) is 0.0756. The monoisotopic (exact) mass is 230 g/mol. The fourth-order valence-electron chi connectivity index (χ4n) is 1.39. The Balaban J connectivity index is 3.11. The minimum atomic E-state index is 0.0756. The van der Waals surface area contributed by atoms with E-state index in [0.29, 0.717) is 19.7 Å². The third-order valence-corrected chi connectivity index (χ3v) is 2.34. The Bertz CT molecular complexity index is 163. The maximum absolute atomic E-state index is 11.3. The summed E-state index contributed by atoms with van der Waals surface area (Å²) >= 11 is 0. The molecular formula is C12H26N2O2. The van der Waals surface area contributed by atoms with Gasteiger partial charge in [0.15, 0.2) is 0 Å². The zero-order valence-electron chi connectivity index (χ0n) is 10.7. The molecule has 0 saturated heterocycles. The second-order valence-electron chi connectivity index (χ2n) is 3.93. The van der Waals surface area contributed by atoms with Crippen LogP contribution in [0.1, 0.15) is 39.0 Å². The number of unbranched alkanes of at least 4 members (excludes halogenated alkanes) is 3. The first-order chi connectivity index (χ1) is 7.81. The van der Waals surface area contributed by atoms with Gasteiger partial charge in [-0.3, -0.25) is 4.79 Å². The molecule has 4 heteroatoms. The van der Waals surface area contributed by atoms with E-state index in [9.17, 15) is 4.79 Å². The van der Waals surface area contributed by atoms with Crippen LogP contribution in [0.25, 0.3) is 0 Å². The van der Waals surface area contributed by atoms with E-state index in [4.69, 9.17) is 4.74 Å². The number of carbonyl (C=O) groups excluding carboxylic acids is 1. The molecule has 0 saturated carbocycles. The lowest BCUT2D eigenvalue weighted by molar-refractivity contribution is -0.120. The Morgan fingerprint density at radius 2 is 1.94 bits per heavy atom. The summed E-state index contributed by atoms with van der Waals surface area (Å²) in [5, 5.41) is 5.98. The van der Waals surface area contributed by atoms with Gasteiger partial charge >= 0.3 is 0 Å². The number of ether oxygens (including phenoxy) is 1. The molecule has 0 aromatic rings. The van der Waals surface area contributed by atoms with Gasteiger partial charge in [-0.2, -0.15) is 0 Å². The van der Waals surface area contributed by atoms with E-state index in [0.717, 1.165) is 19.4 Å². The molecule has 0 aliphatic carbocycles. The summed E-state index contributed by atoms with van der Waals surface area (Å²) in [6.45, 7) is 4.96. The van der Waals surface area contributed by atoms with Crippen molar-refractivity contribution in [1.29, 1.82) is 0 Å². The van der Waals surface area contributed by atoms with E-state index in [2.05, 4.69) is 17.6 Å². The number of rotatable bonds is 11. The van der Waals surface area contributed by atoms with Gasteiger partial charge in [-0.25, -0.2) is 0 Å². The van der Waals surface area contributed by atoms with Crippen LogP contribution in [-0.4, -0.2) is 39.3 Å². The third-order valence-electron chi connectivity index (χ3n) is 2.34. The van der Waals surface area contributed by atoms with Gasteiger partial charge in [0, 0.05) is 20.3 Å². The molecule has 0 fully saturated rings. The molecule has 96 valence electrons. The quantitative estimate of drug-likeness (QED) is 0.526. The van der Waals surface area contributed by atoms with Crippen molar-refractivity contribution in [2.45, 2.75) is 39.0 Å². The van der Waals surface area contributed by atoms with Gasteiger partial charge in [0.25, 0.3) is 0 Å². The number of carbonyl (C=O) groups is 1. The second kappa shape index (κ2) is 12.5. The maximum atomic E-state index is 11.3. The highest BCUT2D eigenvalue weighted by Crippen LogP contribution is 1.96. The summed E-state index contributed by atoms with van der Waals surface area (Å²) in [6, 6.07) is 0. The minimum Gasteiger partial charge on any atom is -0.385 e. The van der Waals surface area contributed by atoms with Crippen LogP contribution in [0.2, 0.25) is 0 Å². The molecule has 16 heavy (non-hydrogen) atoms. The van der Waals surface area contributed by atoms with Crippen LogP contribution in [-0.2, 0) is 9.53 Å². The lowest BCUT2D eigenvalue weighted by Crippen LogP contribution is -2.35. The van der Waals surface area contributed by atoms with Crippen LogP contribution in [0.15, 0.2) is 0 Å². The van der Waals surface area contributed by atoms with Crippen LogP contribution in [0.5, 0.6) is 0 Å². The number of nitrogens with one attached hydrogen (secondary N) is 2. The topological polar surface area (TPSA) is 50.4 Å². The Labute approximate surface area is 99.1 Å². The van der Waals surface area contributed by atoms with Gasteiger partial charge < -0.3 is 15.4 Å². The van der Waals surface area contributed by atoms with E-state index in [-0.39, 0.29) is 5.91 Å². The molecule has 0 unspecified atom stereocenters. The smallest absolute Gasteiger partial charge is 0.233 e. The lowest BCUT2D eigenvalue weighted by atomic mass is 10.2. The predicted molar refractivity (Wildman–Crippen MR) is 66.5 cm³/mol. The van der Waals surface area contributed by atoms with Crippen LogP contribution in [0.3, 0.4) is 0 Å². The van der Waals surface area contributed by atoms with Crippen LogP contribution < -0.4 is 10.6 Å². The van der Waals surface area contributed by atoms with Crippen LogP contribution in [0.4, 0.5) is 0 Å². The van der Waals surface area contributed by atoms with E-state index >= 15 is 0 Å². The van der Waals surface area contributed by atoms with Crippen molar-refractivity contribution in [2.24, 2.45) is 0 Å². The average molecular weight is 230 g/mol. The van der Waals surface area contributed by atoms with Crippen molar-refractivity contribution >= 4 is 5.91 Å². The van der Waals surface area contributed by atoms with Gasteiger partial charge in [0.1, 0.15) is 0 Å². The van der Waals surface area contributed by atoms with Crippen LogP contribution in [0, 0.1) is 0 Å². The van der Waals surface area contributed by atoms with Gasteiger partial charge in [0.05, 0.1) is 6.54 Å². The first-order valence-electron chi connectivity index (χ1n) is 6.27. The molecule has 1 amide bonds. The Kier molecular flexibility index (Phi) is 12.0. The van der Waals surface area contributed by atoms with Crippen molar-refractivity contribution in [3.8, 4) is 0 Å². The summed E-state index contributed by atoms with van der Waals surface area (Å²) < 4.78 is 4.89. The molecule has 0 rings (SSSR count). The molecule has 4 nitrogen and oxygen atoms in total. The average Bonchev–Trinajstić information content (AvgIpc) is 2.29. The molecule has 0 heterocycles. The fourth-order valence-corrected chi connectivity index (χ4v) is 1.39. The molecule has 0 aliphatic heterocycles. The molecule has 0 radical (unpaired) electrons. The normalized spacial score (nSPS) is 10.4. The first-order valence-corrected chi connectivity index (χ1v) is 6.27. The molecule has 0 spiro atoms. The largest absolute Gasteiger partial charge is 0.385 e. The highest BCUT2D eigenvalue weighted by molar-refractivity contribution is 5.77. The fraction of sp³-hybridized carbons (Fsp3) is 0.917. The lowest BCUT2D eigenvalue weighted by Gasteiger charge is -2.06. The van der Waals surface area contributed by atoms with Crippen molar-refractivity contribution in [1.82, 2.24) is 10.6 Å². The SMILES string of the molecule is CCCCCCNCC(=O)NCCCOC. The van der Waals surface area contributed by atoms with Crippen molar-refractivity contribution in [3.63, 3.8) is 0 Å². The standard InChI is InChI=1S/C12H26N2O2/c1-3-4-5-6-8-13-11-12(15)14-9-7-10-16-2/h13H,3-11H2,1-2H3,(H,14,15). The van der Waals surface area contributed by atoms with E-state index in [1.807, 2.05) is 0 Å². The van der Waals surface area contributed by atoms with Gasteiger partial charge in [-0.1, -0.05) is 26.2 Å². The molecule has 2 N–H and O–H groups in total. The summed E-state index contributed by atoms with van der Waals surface area (Å²) in [7, 11) is 1.67. The van der Waals surface area contributed by atoms with Gasteiger partial charge in [-0.15, -0.1) is 0 Å². The van der Waals surface area contributed by atoms with Crippen molar-refractivity contribution in [3.05, 3.63) is 0 Å². The molecule has 0 aromatic carbocycles. The molecular weight excluding hydrogens is 204 g/mol. The zero-order valence-corrected chi connectivity index (χ0v) is 10.7.